The minimum Gasteiger partial charge on any atom is -0.300 e. The Bertz CT molecular complexity index is 1360. The molecular weight excluding hydrogens is 430 g/mol. The van der Waals surface area contributed by atoms with E-state index in [0.29, 0.717) is 10.6 Å². The zero-order valence-electron chi connectivity index (χ0n) is 17.1. The highest BCUT2D eigenvalue weighted by atomic mass is 32.1. The van der Waals surface area contributed by atoms with E-state index < -0.39 is 16.4 Å². The molecule has 0 aliphatic rings. The van der Waals surface area contributed by atoms with E-state index in [0.717, 1.165) is 34.7 Å². The average molecular weight is 449 g/mol. The Morgan fingerprint density at radius 1 is 1.22 bits per heavy atom. The van der Waals surface area contributed by atoms with Gasteiger partial charge in [0.1, 0.15) is 6.54 Å². The first kappa shape index (κ1) is 21.3. The summed E-state index contributed by atoms with van der Waals surface area (Å²) in [4.78, 5) is 44.1. The largest absolute Gasteiger partial charge is 0.300 e. The van der Waals surface area contributed by atoms with Crippen molar-refractivity contribution in [2.75, 3.05) is 5.32 Å². The monoisotopic (exact) mass is 449 g/mol. The molecule has 162 valence electrons. The third-order valence-electron chi connectivity index (χ3n) is 4.87. The van der Waals surface area contributed by atoms with Crippen molar-refractivity contribution in [2.45, 2.75) is 26.3 Å². The summed E-state index contributed by atoms with van der Waals surface area (Å²) in [5.74, 6) is -0.446. The van der Waals surface area contributed by atoms with E-state index in [-0.39, 0.29) is 17.6 Å². The van der Waals surface area contributed by atoms with Crippen molar-refractivity contribution in [3.05, 3.63) is 80.2 Å². The Hall–Kier alpha value is -3.92. The van der Waals surface area contributed by atoms with Gasteiger partial charge in [-0.25, -0.2) is 9.97 Å². The number of nitrogens with zero attached hydrogens (tertiary/aromatic N) is 4. The van der Waals surface area contributed by atoms with E-state index in [4.69, 9.17) is 0 Å². The van der Waals surface area contributed by atoms with Crippen molar-refractivity contribution < 1.29 is 9.72 Å². The maximum Gasteiger partial charge on any atom is 0.270 e. The van der Waals surface area contributed by atoms with E-state index in [1.807, 2.05) is 17.5 Å². The highest BCUT2D eigenvalue weighted by molar-refractivity contribution is 7.14. The highest BCUT2D eigenvalue weighted by Gasteiger charge is 2.14. The molecule has 2 aromatic heterocycles. The van der Waals surface area contributed by atoms with Crippen LogP contribution in [0.1, 0.15) is 18.9 Å². The number of fused-ring (bicyclic) bond motifs is 1. The molecule has 0 spiro atoms. The maximum atomic E-state index is 12.7. The Balaban J connectivity index is 1.48. The van der Waals surface area contributed by atoms with Gasteiger partial charge in [0.2, 0.25) is 5.91 Å². The molecule has 9 nitrogen and oxygen atoms in total. The number of hydrogen-bond acceptors (Lipinski definition) is 7. The fourth-order valence-corrected chi connectivity index (χ4v) is 4.02. The minimum absolute atomic E-state index is 0.0811. The van der Waals surface area contributed by atoms with Crippen LogP contribution in [-0.2, 0) is 17.8 Å². The number of non-ortho nitro benzene ring substituents is 1. The lowest BCUT2D eigenvalue weighted by molar-refractivity contribution is -0.384. The molecule has 0 radical (unpaired) electrons. The van der Waals surface area contributed by atoms with Gasteiger partial charge < -0.3 is 5.32 Å². The van der Waals surface area contributed by atoms with Gasteiger partial charge in [0, 0.05) is 23.1 Å². The number of anilines is 1. The molecule has 0 aliphatic carbocycles. The standard InChI is InChI=1S/C22H19N5O4S/c1-2-3-14-4-6-15(7-5-14)19-12-32-22(24-19)25-20(28)11-26-13-23-18-9-8-16(27(30)31)10-17(18)21(26)29/h4-10,12-13H,2-3,11H2,1H3,(H,24,25,28). The molecule has 4 aromatic rings. The SMILES string of the molecule is CCCc1ccc(-c2csc(NC(=O)Cn3cnc4ccc([N+](=O)[O-])cc4c3=O)n2)cc1. The molecule has 32 heavy (non-hydrogen) atoms. The van der Waals surface area contributed by atoms with Crippen molar-refractivity contribution in [3.8, 4) is 11.3 Å². The summed E-state index contributed by atoms with van der Waals surface area (Å²) in [6.07, 6.45) is 3.36. The third kappa shape index (κ3) is 4.54. The summed E-state index contributed by atoms with van der Waals surface area (Å²) in [5.41, 5.74) is 2.56. The number of aryl methyl sites for hydroxylation is 1. The summed E-state index contributed by atoms with van der Waals surface area (Å²) >= 11 is 1.29. The summed E-state index contributed by atoms with van der Waals surface area (Å²) in [6, 6.07) is 12.0. The molecule has 1 N–H and O–H groups in total. The van der Waals surface area contributed by atoms with Gasteiger partial charge in [-0.3, -0.25) is 24.3 Å². The molecule has 2 aromatic carbocycles. The van der Waals surface area contributed by atoms with Crippen LogP contribution in [0.25, 0.3) is 22.2 Å². The zero-order chi connectivity index (χ0) is 22.7. The number of carbonyl (C=O) groups excluding carboxylic acids is 1. The first-order valence-electron chi connectivity index (χ1n) is 9.93. The van der Waals surface area contributed by atoms with Crippen LogP contribution in [0, 0.1) is 10.1 Å². The number of aromatic nitrogens is 3. The normalized spacial score (nSPS) is 10.9. The van der Waals surface area contributed by atoms with E-state index in [9.17, 15) is 19.7 Å². The second-order valence-corrected chi connectivity index (χ2v) is 8.03. The molecule has 2 heterocycles. The van der Waals surface area contributed by atoms with Crippen molar-refractivity contribution in [2.24, 2.45) is 0 Å². The van der Waals surface area contributed by atoms with Crippen LogP contribution in [-0.4, -0.2) is 25.4 Å². The number of nitro groups is 1. The number of amides is 1. The van der Waals surface area contributed by atoms with Gasteiger partial charge in [-0.05, 0) is 18.1 Å². The van der Waals surface area contributed by atoms with Crippen molar-refractivity contribution in [3.63, 3.8) is 0 Å². The lowest BCUT2D eigenvalue weighted by Gasteiger charge is -2.06. The second-order valence-electron chi connectivity index (χ2n) is 7.17. The summed E-state index contributed by atoms with van der Waals surface area (Å²) < 4.78 is 1.11. The number of carbonyl (C=O) groups is 1. The fraction of sp³-hybridized carbons (Fsp3) is 0.182. The predicted molar refractivity (Wildman–Crippen MR) is 123 cm³/mol. The molecule has 0 saturated heterocycles. The molecule has 0 saturated carbocycles. The smallest absolute Gasteiger partial charge is 0.270 e. The topological polar surface area (TPSA) is 120 Å². The number of nitrogens with one attached hydrogen (secondary N) is 1. The van der Waals surface area contributed by atoms with E-state index >= 15 is 0 Å². The lowest BCUT2D eigenvalue weighted by atomic mass is 10.1. The number of benzene rings is 2. The molecule has 4 rings (SSSR count). The Morgan fingerprint density at radius 3 is 2.72 bits per heavy atom. The van der Waals surface area contributed by atoms with E-state index in [2.05, 4.69) is 34.3 Å². The summed E-state index contributed by atoms with van der Waals surface area (Å²) in [6.45, 7) is 1.85. The first-order valence-corrected chi connectivity index (χ1v) is 10.8. The molecule has 0 fully saturated rings. The Labute approximate surface area is 186 Å². The fourth-order valence-electron chi connectivity index (χ4n) is 3.28. The van der Waals surface area contributed by atoms with E-state index in [1.54, 1.807) is 0 Å². The molecule has 1 amide bonds. The number of hydrogen-bond donors (Lipinski definition) is 1. The van der Waals surface area contributed by atoms with Gasteiger partial charge >= 0.3 is 0 Å². The van der Waals surface area contributed by atoms with Crippen molar-refractivity contribution in [1.82, 2.24) is 14.5 Å². The quantitative estimate of drug-likeness (QED) is 0.336. The Morgan fingerprint density at radius 2 is 2.00 bits per heavy atom. The van der Waals surface area contributed by atoms with Crippen LogP contribution < -0.4 is 10.9 Å². The van der Waals surface area contributed by atoms with Gasteiger partial charge in [-0.1, -0.05) is 37.6 Å². The molecule has 0 atom stereocenters. The number of rotatable bonds is 7. The summed E-state index contributed by atoms with van der Waals surface area (Å²) in [7, 11) is 0. The zero-order valence-corrected chi connectivity index (χ0v) is 18.0. The van der Waals surface area contributed by atoms with Crippen LogP contribution in [0.4, 0.5) is 10.8 Å². The van der Waals surface area contributed by atoms with Crippen molar-refractivity contribution >= 4 is 39.0 Å². The number of nitro benzene ring substituents is 1. The van der Waals surface area contributed by atoms with Crippen LogP contribution in [0.15, 0.2) is 59.0 Å². The second kappa shape index (κ2) is 9.06. The van der Waals surface area contributed by atoms with Crippen LogP contribution in [0.2, 0.25) is 0 Å². The molecule has 0 unspecified atom stereocenters. The van der Waals surface area contributed by atoms with Gasteiger partial charge in [0.05, 0.1) is 27.8 Å². The highest BCUT2D eigenvalue weighted by Crippen LogP contribution is 2.25. The Kier molecular flexibility index (Phi) is 6.04. The van der Waals surface area contributed by atoms with E-state index in [1.165, 1.54) is 35.4 Å². The molecular formula is C22H19N5O4S. The summed E-state index contributed by atoms with van der Waals surface area (Å²) in [5, 5.41) is 16.0. The predicted octanol–water partition coefficient (Wildman–Crippen LogP) is 4.02. The van der Waals surface area contributed by atoms with Gasteiger partial charge in [0.25, 0.3) is 11.2 Å². The van der Waals surface area contributed by atoms with Crippen molar-refractivity contribution in [1.29, 1.82) is 0 Å². The molecule has 10 heteroatoms. The molecule has 0 bridgehead atoms. The van der Waals surface area contributed by atoms with Crippen LogP contribution in [0.3, 0.4) is 0 Å². The van der Waals surface area contributed by atoms with Gasteiger partial charge in [-0.15, -0.1) is 11.3 Å². The first-order chi connectivity index (χ1) is 15.4. The number of thiazole rings is 1. The van der Waals surface area contributed by atoms with Crippen LogP contribution >= 0.6 is 11.3 Å². The van der Waals surface area contributed by atoms with Gasteiger partial charge in [0.15, 0.2) is 5.13 Å². The minimum atomic E-state index is -0.583. The maximum absolute atomic E-state index is 12.7. The lowest BCUT2D eigenvalue weighted by Crippen LogP contribution is -2.27. The van der Waals surface area contributed by atoms with Crippen LogP contribution in [0.5, 0.6) is 0 Å². The third-order valence-corrected chi connectivity index (χ3v) is 5.63. The van der Waals surface area contributed by atoms with Gasteiger partial charge in [-0.2, -0.15) is 0 Å². The molecule has 0 aliphatic heterocycles. The average Bonchev–Trinajstić information content (AvgIpc) is 3.24.